The molecule has 16 heavy (non-hydrogen) atoms. The lowest BCUT2D eigenvalue weighted by Gasteiger charge is -2.09. The molecule has 0 amide bonds. The van der Waals surface area contributed by atoms with Gasteiger partial charge in [-0.25, -0.2) is 0 Å². The predicted octanol–water partition coefficient (Wildman–Crippen LogP) is 2.59. The van der Waals surface area contributed by atoms with Gasteiger partial charge in [0.25, 0.3) is 0 Å². The average Bonchev–Trinajstić information content (AvgIpc) is 2.29. The van der Waals surface area contributed by atoms with Crippen molar-refractivity contribution < 1.29 is 4.79 Å². The van der Waals surface area contributed by atoms with Crippen LogP contribution in [0.4, 0.5) is 5.69 Å². The van der Waals surface area contributed by atoms with Gasteiger partial charge < -0.3 is 10.6 Å². The van der Waals surface area contributed by atoms with E-state index in [1.807, 2.05) is 26.1 Å². The molecule has 1 rings (SSSR count). The van der Waals surface area contributed by atoms with E-state index < -0.39 is 0 Å². The Morgan fingerprint density at radius 1 is 1.38 bits per heavy atom. The number of hydrogen-bond donors (Lipinski definition) is 2. The van der Waals surface area contributed by atoms with Crippen LogP contribution in [0.1, 0.15) is 22.3 Å². The zero-order chi connectivity index (χ0) is 12.0. The smallest absolute Gasteiger partial charge is 0.150 e. The molecule has 0 radical (unpaired) electrons. The van der Waals surface area contributed by atoms with Crippen molar-refractivity contribution in [2.45, 2.75) is 13.3 Å². The molecule has 0 aromatic heterocycles. The first-order valence-electron chi connectivity index (χ1n) is 5.33. The fraction of sp³-hybridized carbons (Fsp3) is 0.417. The van der Waals surface area contributed by atoms with E-state index in [4.69, 9.17) is 0 Å². The second-order valence-corrected chi connectivity index (χ2v) is 4.53. The van der Waals surface area contributed by atoms with Gasteiger partial charge in [0, 0.05) is 22.3 Å². The quantitative estimate of drug-likeness (QED) is 0.623. The lowest BCUT2D eigenvalue weighted by Crippen LogP contribution is -2.13. The van der Waals surface area contributed by atoms with Crippen LogP contribution < -0.4 is 10.6 Å². The minimum Gasteiger partial charge on any atom is -0.385 e. The molecule has 0 aliphatic carbocycles. The Hall–Kier alpha value is -0.870. The number of hydrogen-bond acceptors (Lipinski definition) is 3. The molecule has 88 valence electrons. The molecule has 0 spiro atoms. The standard InChI is InChI=1S/C12H17BrN2O/c1-9-10(8-16)6-11(7-12(9)13)15-5-3-4-14-2/h6-8,14-15H,3-5H2,1-2H3. The molecule has 0 unspecified atom stereocenters. The first kappa shape index (κ1) is 13.2. The van der Waals surface area contributed by atoms with Crippen molar-refractivity contribution in [1.82, 2.24) is 5.32 Å². The number of carbonyl (C=O) groups excluding carboxylic acids is 1. The topological polar surface area (TPSA) is 41.1 Å². The summed E-state index contributed by atoms with van der Waals surface area (Å²) in [6.45, 7) is 3.81. The summed E-state index contributed by atoms with van der Waals surface area (Å²) in [6.07, 6.45) is 1.94. The Balaban J connectivity index is 2.66. The maximum atomic E-state index is 10.8. The van der Waals surface area contributed by atoms with Crippen molar-refractivity contribution >= 4 is 27.9 Å². The number of nitrogens with one attached hydrogen (secondary N) is 2. The Morgan fingerprint density at radius 2 is 2.12 bits per heavy atom. The van der Waals surface area contributed by atoms with Crippen LogP contribution in [-0.2, 0) is 0 Å². The van der Waals surface area contributed by atoms with Gasteiger partial charge in [-0.2, -0.15) is 0 Å². The van der Waals surface area contributed by atoms with Gasteiger partial charge in [0.05, 0.1) is 0 Å². The molecule has 4 heteroatoms. The predicted molar refractivity (Wildman–Crippen MR) is 71.3 cm³/mol. The van der Waals surface area contributed by atoms with E-state index in [-0.39, 0.29) is 0 Å². The van der Waals surface area contributed by atoms with Crippen molar-refractivity contribution in [2.24, 2.45) is 0 Å². The third kappa shape index (κ3) is 3.61. The van der Waals surface area contributed by atoms with Crippen LogP contribution in [-0.4, -0.2) is 26.4 Å². The monoisotopic (exact) mass is 284 g/mol. The Morgan fingerprint density at radius 3 is 2.75 bits per heavy atom. The van der Waals surface area contributed by atoms with Crippen LogP contribution in [0.5, 0.6) is 0 Å². The number of carbonyl (C=O) groups is 1. The van der Waals surface area contributed by atoms with Gasteiger partial charge >= 0.3 is 0 Å². The van der Waals surface area contributed by atoms with E-state index in [0.29, 0.717) is 0 Å². The highest BCUT2D eigenvalue weighted by atomic mass is 79.9. The van der Waals surface area contributed by atoms with E-state index in [2.05, 4.69) is 26.6 Å². The molecule has 1 aromatic carbocycles. The highest BCUT2D eigenvalue weighted by Crippen LogP contribution is 2.24. The maximum absolute atomic E-state index is 10.8. The molecule has 1 aromatic rings. The zero-order valence-electron chi connectivity index (χ0n) is 9.64. The summed E-state index contributed by atoms with van der Waals surface area (Å²) in [4.78, 5) is 10.8. The molecule has 2 N–H and O–H groups in total. The molecule has 0 bridgehead atoms. The summed E-state index contributed by atoms with van der Waals surface area (Å²) in [5, 5.41) is 6.38. The minimum absolute atomic E-state index is 0.727. The molecular formula is C12H17BrN2O. The van der Waals surface area contributed by atoms with Gasteiger partial charge in [-0.05, 0) is 44.6 Å². The van der Waals surface area contributed by atoms with E-state index in [1.54, 1.807) is 0 Å². The highest BCUT2D eigenvalue weighted by molar-refractivity contribution is 9.10. The lowest BCUT2D eigenvalue weighted by atomic mass is 10.1. The zero-order valence-corrected chi connectivity index (χ0v) is 11.2. The van der Waals surface area contributed by atoms with E-state index in [9.17, 15) is 4.79 Å². The summed E-state index contributed by atoms with van der Waals surface area (Å²) in [5.41, 5.74) is 2.69. The molecular weight excluding hydrogens is 268 g/mol. The molecule has 0 fully saturated rings. The average molecular weight is 285 g/mol. The van der Waals surface area contributed by atoms with Crippen LogP contribution in [0.15, 0.2) is 16.6 Å². The second-order valence-electron chi connectivity index (χ2n) is 3.67. The molecule has 0 heterocycles. The van der Waals surface area contributed by atoms with Crippen LogP contribution >= 0.6 is 15.9 Å². The molecule has 0 atom stereocenters. The summed E-state index contributed by atoms with van der Waals surface area (Å²) in [6, 6.07) is 3.88. The highest BCUT2D eigenvalue weighted by Gasteiger charge is 2.04. The minimum atomic E-state index is 0.727. The van der Waals surface area contributed by atoms with Gasteiger partial charge in [0.1, 0.15) is 6.29 Å². The van der Waals surface area contributed by atoms with Crippen molar-refractivity contribution in [3.63, 3.8) is 0 Å². The maximum Gasteiger partial charge on any atom is 0.150 e. The number of benzene rings is 1. The van der Waals surface area contributed by atoms with Gasteiger partial charge in [-0.15, -0.1) is 0 Å². The molecule has 0 saturated heterocycles. The first-order chi connectivity index (χ1) is 7.69. The largest absolute Gasteiger partial charge is 0.385 e. The fourth-order valence-electron chi connectivity index (χ4n) is 1.42. The molecule has 0 aliphatic rings. The number of aldehydes is 1. The first-order valence-corrected chi connectivity index (χ1v) is 6.12. The summed E-state index contributed by atoms with van der Waals surface area (Å²) in [7, 11) is 1.94. The Labute approximate surface area is 105 Å². The summed E-state index contributed by atoms with van der Waals surface area (Å²) < 4.78 is 0.966. The molecule has 0 saturated carbocycles. The third-order valence-corrected chi connectivity index (χ3v) is 3.27. The molecule has 0 aliphatic heterocycles. The van der Waals surface area contributed by atoms with Crippen LogP contribution in [0.25, 0.3) is 0 Å². The summed E-state index contributed by atoms with van der Waals surface area (Å²) in [5.74, 6) is 0. The third-order valence-electron chi connectivity index (χ3n) is 2.44. The lowest BCUT2D eigenvalue weighted by molar-refractivity contribution is 0.112. The van der Waals surface area contributed by atoms with Crippen molar-refractivity contribution in [3.8, 4) is 0 Å². The van der Waals surface area contributed by atoms with E-state index in [1.165, 1.54) is 0 Å². The van der Waals surface area contributed by atoms with Crippen LogP contribution in [0, 0.1) is 6.92 Å². The van der Waals surface area contributed by atoms with Crippen molar-refractivity contribution in [1.29, 1.82) is 0 Å². The Kier molecular flexibility index (Phi) is 5.49. The van der Waals surface area contributed by atoms with Crippen LogP contribution in [0.3, 0.4) is 0 Å². The fourth-order valence-corrected chi connectivity index (χ4v) is 1.90. The van der Waals surface area contributed by atoms with E-state index >= 15 is 0 Å². The molecule has 3 nitrogen and oxygen atoms in total. The normalized spacial score (nSPS) is 10.2. The number of rotatable bonds is 6. The number of halogens is 1. The van der Waals surface area contributed by atoms with Crippen molar-refractivity contribution in [2.75, 3.05) is 25.5 Å². The van der Waals surface area contributed by atoms with Gasteiger partial charge in [-0.3, -0.25) is 4.79 Å². The summed E-state index contributed by atoms with van der Waals surface area (Å²) >= 11 is 3.45. The van der Waals surface area contributed by atoms with Crippen LogP contribution in [0.2, 0.25) is 0 Å². The van der Waals surface area contributed by atoms with Gasteiger partial charge in [0.15, 0.2) is 0 Å². The van der Waals surface area contributed by atoms with Gasteiger partial charge in [-0.1, -0.05) is 15.9 Å². The van der Waals surface area contributed by atoms with Gasteiger partial charge in [0.2, 0.25) is 0 Å². The van der Waals surface area contributed by atoms with E-state index in [0.717, 1.165) is 47.1 Å². The Bertz CT molecular complexity index is 366. The van der Waals surface area contributed by atoms with Crippen molar-refractivity contribution in [3.05, 3.63) is 27.7 Å². The SMILES string of the molecule is CNCCCNc1cc(Br)c(C)c(C=O)c1. The number of anilines is 1. The second kappa shape index (κ2) is 6.66.